The number of aromatic nitrogens is 1. The zero-order chi connectivity index (χ0) is 13.2. The van der Waals surface area contributed by atoms with Gasteiger partial charge in [-0.2, -0.15) is 0 Å². The van der Waals surface area contributed by atoms with E-state index >= 15 is 0 Å². The first kappa shape index (κ1) is 11.9. The third-order valence-electron chi connectivity index (χ3n) is 3.53. The highest BCUT2D eigenvalue weighted by molar-refractivity contribution is 5.99. The molecule has 1 aromatic heterocycles. The summed E-state index contributed by atoms with van der Waals surface area (Å²) < 4.78 is 0. The predicted molar refractivity (Wildman–Crippen MR) is 76.0 cm³/mol. The normalized spacial score (nSPS) is 14.1. The van der Waals surface area contributed by atoms with Crippen molar-refractivity contribution in [1.29, 1.82) is 0 Å². The van der Waals surface area contributed by atoms with Gasteiger partial charge in [0.05, 0.1) is 5.56 Å². The molecule has 3 rings (SSSR count). The maximum Gasteiger partial charge on any atom is 0.163 e. The van der Waals surface area contributed by atoms with Gasteiger partial charge in [0.1, 0.15) is 5.82 Å². The van der Waals surface area contributed by atoms with Crippen molar-refractivity contribution in [3.63, 3.8) is 0 Å². The molecule has 0 saturated carbocycles. The van der Waals surface area contributed by atoms with Crippen LogP contribution in [-0.2, 0) is 6.42 Å². The fourth-order valence-electron chi connectivity index (χ4n) is 2.64. The second-order valence-electron chi connectivity index (χ2n) is 4.81. The first-order chi connectivity index (χ1) is 9.27. The Labute approximate surface area is 112 Å². The number of Topliss-reactive ketones (excluding diaryl/α,β-unsaturated/α-hetero) is 1. The SMILES string of the molecule is CC(=O)c1cccnc1N1CCCc2ccccc21. The van der Waals surface area contributed by atoms with E-state index in [1.54, 1.807) is 13.1 Å². The van der Waals surface area contributed by atoms with Crippen LogP contribution >= 0.6 is 0 Å². The number of rotatable bonds is 2. The van der Waals surface area contributed by atoms with Crippen molar-refractivity contribution in [2.75, 3.05) is 11.4 Å². The number of carbonyl (C=O) groups excluding carboxylic acids is 1. The molecule has 0 radical (unpaired) electrons. The monoisotopic (exact) mass is 252 g/mol. The molecule has 0 atom stereocenters. The number of ketones is 1. The highest BCUT2D eigenvalue weighted by Gasteiger charge is 2.21. The van der Waals surface area contributed by atoms with Gasteiger partial charge in [-0.15, -0.1) is 0 Å². The molecule has 0 aliphatic carbocycles. The number of benzene rings is 1. The number of fused-ring (bicyclic) bond motifs is 1. The van der Waals surface area contributed by atoms with Crippen LogP contribution in [0.15, 0.2) is 42.6 Å². The van der Waals surface area contributed by atoms with E-state index in [1.165, 1.54) is 11.3 Å². The van der Waals surface area contributed by atoms with E-state index in [1.807, 2.05) is 18.2 Å². The third-order valence-corrected chi connectivity index (χ3v) is 3.53. The molecule has 0 saturated heterocycles. The van der Waals surface area contributed by atoms with Gasteiger partial charge in [0.2, 0.25) is 0 Å². The minimum atomic E-state index is 0.0613. The van der Waals surface area contributed by atoms with Crippen molar-refractivity contribution in [2.45, 2.75) is 19.8 Å². The number of pyridine rings is 1. The zero-order valence-electron chi connectivity index (χ0n) is 11.0. The van der Waals surface area contributed by atoms with Gasteiger partial charge in [0, 0.05) is 18.4 Å². The van der Waals surface area contributed by atoms with Crippen molar-refractivity contribution in [3.8, 4) is 0 Å². The minimum absolute atomic E-state index is 0.0613. The van der Waals surface area contributed by atoms with Crippen LogP contribution in [0.5, 0.6) is 0 Å². The van der Waals surface area contributed by atoms with Crippen LogP contribution in [0.1, 0.15) is 29.3 Å². The fourth-order valence-corrected chi connectivity index (χ4v) is 2.64. The molecule has 2 heterocycles. The number of aryl methyl sites for hydroxylation is 1. The zero-order valence-corrected chi connectivity index (χ0v) is 11.0. The summed E-state index contributed by atoms with van der Waals surface area (Å²) in [7, 11) is 0. The van der Waals surface area contributed by atoms with Crippen LogP contribution in [-0.4, -0.2) is 17.3 Å². The standard InChI is InChI=1S/C16H16N2O/c1-12(19)14-8-4-10-17-16(14)18-11-5-7-13-6-2-3-9-15(13)18/h2-4,6,8-10H,5,7,11H2,1H3. The van der Waals surface area contributed by atoms with E-state index in [2.05, 4.69) is 28.1 Å². The lowest BCUT2D eigenvalue weighted by molar-refractivity contribution is 0.101. The molecule has 1 aliphatic rings. The van der Waals surface area contributed by atoms with E-state index in [4.69, 9.17) is 0 Å². The Morgan fingerprint density at radius 2 is 2.05 bits per heavy atom. The molecule has 96 valence electrons. The lowest BCUT2D eigenvalue weighted by atomic mass is 10.0. The summed E-state index contributed by atoms with van der Waals surface area (Å²) in [4.78, 5) is 18.3. The lowest BCUT2D eigenvalue weighted by Crippen LogP contribution is -2.26. The average molecular weight is 252 g/mol. The summed E-state index contributed by atoms with van der Waals surface area (Å²) in [6.07, 6.45) is 3.93. The molecule has 0 spiro atoms. The van der Waals surface area contributed by atoms with Crippen LogP contribution in [0.3, 0.4) is 0 Å². The summed E-state index contributed by atoms with van der Waals surface area (Å²) in [6.45, 7) is 2.50. The molecule has 0 N–H and O–H groups in total. The van der Waals surface area contributed by atoms with Gasteiger partial charge in [0.15, 0.2) is 5.78 Å². The van der Waals surface area contributed by atoms with Crippen LogP contribution in [0.2, 0.25) is 0 Å². The van der Waals surface area contributed by atoms with E-state index in [9.17, 15) is 4.79 Å². The molecule has 0 amide bonds. The van der Waals surface area contributed by atoms with Crippen molar-refractivity contribution in [2.24, 2.45) is 0 Å². The Hall–Kier alpha value is -2.16. The van der Waals surface area contributed by atoms with Gasteiger partial charge >= 0.3 is 0 Å². The summed E-state index contributed by atoms with van der Waals surface area (Å²) in [5.74, 6) is 0.841. The smallest absolute Gasteiger partial charge is 0.163 e. The lowest BCUT2D eigenvalue weighted by Gasteiger charge is -2.31. The van der Waals surface area contributed by atoms with Crippen LogP contribution < -0.4 is 4.90 Å². The molecule has 19 heavy (non-hydrogen) atoms. The van der Waals surface area contributed by atoms with Gasteiger partial charge < -0.3 is 4.90 Å². The highest BCUT2D eigenvalue weighted by atomic mass is 16.1. The summed E-state index contributed by atoms with van der Waals surface area (Å²) in [5, 5.41) is 0. The molecule has 0 bridgehead atoms. The number of hydrogen-bond acceptors (Lipinski definition) is 3. The fraction of sp³-hybridized carbons (Fsp3) is 0.250. The van der Waals surface area contributed by atoms with E-state index < -0.39 is 0 Å². The Morgan fingerprint density at radius 3 is 2.89 bits per heavy atom. The Balaban J connectivity index is 2.12. The molecule has 1 aliphatic heterocycles. The van der Waals surface area contributed by atoms with Gasteiger partial charge in [-0.3, -0.25) is 4.79 Å². The highest BCUT2D eigenvalue weighted by Crippen LogP contribution is 2.33. The molecule has 0 fully saturated rings. The third kappa shape index (κ3) is 2.12. The maximum atomic E-state index is 11.8. The van der Waals surface area contributed by atoms with Gasteiger partial charge in [-0.25, -0.2) is 4.98 Å². The second kappa shape index (κ2) is 4.84. The largest absolute Gasteiger partial charge is 0.326 e. The molecular weight excluding hydrogens is 236 g/mol. The van der Waals surface area contributed by atoms with Crippen LogP contribution in [0.4, 0.5) is 11.5 Å². The predicted octanol–water partition coefficient (Wildman–Crippen LogP) is 3.37. The Kier molecular flexibility index (Phi) is 3.03. The quantitative estimate of drug-likeness (QED) is 0.768. The van der Waals surface area contributed by atoms with Crippen molar-refractivity contribution in [1.82, 2.24) is 4.98 Å². The summed E-state index contributed by atoms with van der Waals surface area (Å²) in [6, 6.07) is 12.0. The number of para-hydroxylation sites is 1. The van der Waals surface area contributed by atoms with E-state index in [-0.39, 0.29) is 5.78 Å². The first-order valence-corrected chi connectivity index (χ1v) is 6.59. The van der Waals surface area contributed by atoms with Gasteiger partial charge in [-0.05, 0) is 43.5 Å². The Morgan fingerprint density at radius 1 is 1.21 bits per heavy atom. The molecule has 0 unspecified atom stereocenters. The van der Waals surface area contributed by atoms with Crippen LogP contribution in [0.25, 0.3) is 0 Å². The van der Waals surface area contributed by atoms with Crippen molar-refractivity contribution >= 4 is 17.3 Å². The summed E-state index contributed by atoms with van der Waals surface area (Å²) >= 11 is 0. The number of hydrogen-bond donors (Lipinski definition) is 0. The Bertz CT molecular complexity index is 622. The number of nitrogens with zero attached hydrogens (tertiary/aromatic N) is 2. The minimum Gasteiger partial charge on any atom is -0.326 e. The summed E-state index contributed by atoms with van der Waals surface area (Å²) in [5.41, 5.74) is 3.20. The van der Waals surface area contributed by atoms with Gasteiger partial charge in [-0.1, -0.05) is 18.2 Å². The molecule has 1 aromatic carbocycles. The number of anilines is 2. The average Bonchev–Trinajstić information content (AvgIpc) is 2.46. The molecule has 2 aromatic rings. The maximum absolute atomic E-state index is 11.8. The van der Waals surface area contributed by atoms with E-state index in [0.29, 0.717) is 5.56 Å². The van der Waals surface area contributed by atoms with Gasteiger partial charge in [0.25, 0.3) is 0 Å². The molecular formula is C16H16N2O. The first-order valence-electron chi connectivity index (χ1n) is 6.59. The topological polar surface area (TPSA) is 33.2 Å². The van der Waals surface area contributed by atoms with E-state index in [0.717, 1.165) is 25.2 Å². The van der Waals surface area contributed by atoms with Crippen LogP contribution in [0, 0.1) is 0 Å². The number of carbonyl (C=O) groups is 1. The molecule has 3 heteroatoms. The molecule has 3 nitrogen and oxygen atoms in total. The van der Waals surface area contributed by atoms with Crippen molar-refractivity contribution < 1.29 is 4.79 Å². The van der Waals surface area contributed by atoms with Crippen molar-refractivity contribution in [3.05, 3.63) is 53.7 Å². The second-order valence-corrected chi connectivity index (χ2v) is 4.81.